The summed E-state index contributed by atoms with van der Waals surface area (Å²) in [5.41, 5.74) is 3.92. The molecular weight excluding hydrogens is 372 g/mol. The Labute approximate surface area is 170 Å². The Morgan fingerprint density at radius 3 is 2.48 bits per heavy atom. The highest BCUT2D eigenvalue weighted by Crippen LogP contribution is 2.35. The molecule has 1 fully saturated rings. The van der Waals surface area contributed by atoms with Gasteiger partial charge in [-0.2, -0.15) is 5.10 Å². The maximum atomic E-state index is 13.2. The van der Waals surface area contributed by atoms with E-state index in [1.807, 2.05) is 27.7 Å². The molecule has 1 aliphatic rings. The number of hydrogen-bond acceptors (Lipinski definition) is 7. The van der Waals surface area contributed by atoms with Gasteiger partial charge in [-0.15, -0.1) is 0 Å². The molecule has 0 aliphatic carbocycles. The van der Waals surface area contributed by atoms with Crippen molar-refractivity contribution in [2.24, 2.45) is 11.3 Å². The Kier molecular flexibility index (Phi) is 5.90. The molecule has 0 saturated carbocycles. The number of anilines is 1. The molecule has 0 unspecified atom stereocenters. The van der Waals surface area contributed by atoms with Gasteiger partial charge in [-0.3, -0.25) is 15.0 Å². The topological polar surface area (TPSA) is 124 Å². The van der Waals surface area contributed by atoms with E-state index in [-0.39, 0.29) is 11.8 Å². The minimum Gasteiger partial charge on any atom is -0.381 e. The highest BCUT2D eigenvalue weighted by molar-refractivity contribution is 6.16. The molecule has 29 heavy (non-hydrogen) atoms. The van der Waals surface area contributed by atoms with E-state index in [1.54, 1.807) is 11.6 Å². The molecule has 1 saturated heterocycles. The molecule has 3 rings (SSSR count). The molecule has 158 valence electrons. The summed E-state index contributed by atoms with van der Waals surface area (Å²) in [5.74, 6) is 4.90. The van der Waals surface area contributed by atoms with Crippen molar-refractivity contribution in [2.45, 2.75) is 60.0 Å². The van der Waals surface area contributed by atoms with Crippen LogP contribution in [0.2, 0.25) is 0 Å². The average Bonchev–Trinajstić information content (AvgIpc) is 3.05. The number of ketones is 1. The third-order valence-electron chi connectivity index (χ3n) is 5.18. The van der Waals surface area contributed by atoms with Crippen molar-refractivity contribution in [1.29, 1.82) is 0 Å². The van der Waals surface area contributed by atoms with Crippen LogP contribution in [-0.2, 0) is 11.3 Å². The predicted molar refractivity (Wildman–Crippen MR) is 111 cm³/mol. The fourth-order valence-corrected chi connectivity index (χ4v) is 3.59. The number of Topliss-reactive ketones (excluding diaryl/α,β-unsaturated/α-hetero) is 1. The van der Waals surface area contributed by atoms with Crippen molar-refractivity contribution in [2.75, 3.05) is 18.5 Å². The first-order valence-corrected chi connectivity index (χ1v) is 10.00. The van der Waals surface area contributed by atoms with Crippen LogP contribution >= 0.6 is 0 Å². The molecule has 0 bridgehead atoms. The Balaban J connectivity index is 2.32. The van der Waals surface area contributed by atoms with Crippen LogP contribution in [0, 0.1) is 12.3 Å². The molecule has 2 aromatic heterocycles. The number of hydrazine groups is 1. The number of rotatable bonds is 5. The number of pyridine rings is 1. The smallest absolute Gasteiger partial charge is 0.269 e. The van der Waals surface area contributed by atoms with Crippen molar-refractivity contribution in [3.63, 3.8) is 0 Å². The van der Waals surface area contributed by atoms with E-state index in [0.717, 1.165) is 12.8 Å². The Hall–Kier alpha value is -2.52. The number of nitrogens with one attached hydrogen (secondary N) is 2. The van der Waals surface area contributed by atoms with E-state index in [0.29, 0.717) is 53.4 Å². The summed E-state index contributed by atoms with van der Waals surface area (Å²) in [5, 5.41) is 8.63. The lowest BCUT2D eigenvalue weighted by atomic mass is 9.87. The van der Waals surface area contributed by atoms with E-state index in [9.17, 15) is 9.59 Å². The number of nitrogen functional groups attached to an aromatic ring is 1. The summed E-state index contributed by atoms with van der Waals surface area (Å²) in [6.07, 6.45) is 1.61. The zero-order chi connectivity index (χ0) is 21.3. The number of carbonyl (C=O) groups excluding carboxylic acids is 2. The quantitative estimate of drug-likeness (QED) is 0.303. The van der Waals surface area contributed by atoms with Crippen molar-refractivity contribution < 1.29 is 14.3 Å². The van der Waals surface area contributed by atoms with Crippen LogP contribution in [0.4, 0.5) is 5.69 Å². The molecule has 9 heteroatoms. The Bertz CT molecular complexity index is 938. The minimum atomic E-state index is -0.628. The summed E-state index contributed by atoms with van der Waals surface area (Å²) in [6.45, 7) is 11.1. The molecule has 4 N–H and O–H groups in total. The van der Waals surface area contributed by atoms with E-state index in [2.05, 4.69) is 20.8 Å². The number of hydrogen-bond donors (Lipinski definition) is 3. The van der Waals surface area contributed by atoms with E-state index < -0.39 is 11.3 Å². The number of nitrogens with zero attached hydrogens (tertiary/aromatic N) is 3. The third-order valence-corrected chi connectivity index (χ3v) is 5.18. The van der Waals surface area contributed by atoms with Gasteiger partial charge in [-0.25, -0.2) is 15.5 Å². The lowest BCUT2D eigenvalue weighted by molar-refractivity contribution is 0.0852. The average molecular weight is 402 g/mol. The number of carbonyl (C=O) groups is 2. The molecule has 9 nitrogen and oxygen atoms in total. The van der Waals surface area contributed by atoms with Gasteiger partial charge in [0.25, 0.3) is 5.91 Å². The molecule has 0 spiro atoms. The number of fused-ring (bicyclic) bond motifs is 1. The monoisotopic (exact) mass is 402 g/mol. The highest BCUT2D eigenvalue weighted by Gasteiger charge is 2.32. The van der Waals surface area contributed by atoms with Crippen LogP contribution in [0.25, 0.3) is 11.0 Å². The molecule has 0 aromatic carbocycles. The standard InChI is InChI=1S/C20H30N6O3/c1-6-26-18-14(16(25-26)17(27)20(3,4)5)15(23-12-7-9-29-10-8-12)13(11(2)22-18)19(28)24-21/h12H,6-10,21H2,1-5H3,(H,22,23)(H,24,28). The van der Waals surface area contributed by atoms with Gasteiger partial charge < -0.3 is 10.1 Å². The van der Waals surface area contributed by atoms with Gasteiger partial charge >= 0.3 is 0 Å². The maximum Gasteiger partial charge on any atom is 0.269 e. The molecule has 2 aromatic rings. The van der Waals surface area contributed by atoms with Crippen molar-refractivity contribution in [3.8, 4) is 0 Å². The number of aryl methyl sites for hydroxylation is 2. The summed E-state index contributed by atoms with van der Waals surface area (Å²) < 4.78 is 7.16. The van der Waals surface area contributed by atoms with E-state index >= 15 is 0 Å². The van der Waals surface area contributed by atoms with E-state index in [4.69, 9.17) is 10.6 Å². The maximum absolute atomic E-state index is 13.2. The van der Waals surface area contributed by atoms with Crippen molar-refractivity contribution in [3.05, 3.63) is 17.0 Å². The molecule has 1 aliphatic heterocycles. The summed E-state index contributed by atoms with van der Waals surface area (Å²) >= 11 is 0. The van der Waals surface area contributed by atoms with Crippen LogP contribution in [0.5, 0.6) is 0 Å². The number of amides is 1. The van der Waals surface area contributed by atoms with Crippen LogP contribution in [0.1, 0.15) is 67.1 Å². The van der Waals surface area contributed by atoms with Gasteiger partial charge in [0, 0.05) is 31.2 Å². The molecular formula is C20H30N6O3. The normalized spacial score (nSPS) is 15.5. The van der Waals surface area contributed by atoms with Crippen LogP contribution < -0.4 is 16.6 Å². The van der Waals surface area contributed by atoms with Gasteiger partial charge in [0.05, 0.1) is 22.3 Å². The van der Waals surface area contributed by atoms with Gasteiger partial charge in [0.2, 0.25) is 0 Å². The highest BCUT2D eigenvalue weighted by atomic mass is 16.5. The van der Waals surface area contributed by atoms with Gasteiger partial charge in [0.1, 0.15) is 5.69 Å². The van der Waals surface area contributed by atoms with Crippen LogP contribution in [0.15, 0.2) is 0 Å². The van der Waals surface area contributed by atoms with Crippen molar-refractivity contribution >= 4 is 28.4 Å². The first-order valence-electron chi connectivity index (χ1n) is 10.00. The summed E-state index contributed by atoms with van der Waals surface area (Å²) in [4.78, 5) is 30.5. The molecule has 3 heterocycles. The van der Waals surface area contributed by atoms with Crippen LogP contribution in [0.3, 0.4) is 0 Å². The fraction of sp³-hybridized carbons (Fsp3) is 0.600. The van der Waals surface area contributed by atoms with E-state index in [1.165, 1.54) is 0 Å². The fourth-order valence-electron chi connectivity index (χ4n) is 3.59. The molecule has 0 radical (unpaired) electrons. The zero-order valence-corrected chi connectivity index (χ0v) is 17.8. The Morgan fingerprint density at radius 1 is 1.28 bits per heavy atom. The van der Waals surface area contributed by atoms with Crippen LogP contribution in [-0.4, -0.2) is 45.7 Å². The lowest BCUT2D eigenvalue weighted by Crippen LogP contribution is -2.34. The second kappa shape index (κ2) is 8.08. The Morgan fingerprint density at radius 2 is 1.93 bits per heavy atom. The van der Waals surface area contributed by atoms with Crippen molar-refractivity contribution in [1.82, 2.24) is 20.2 Å². The lowest BCUT2D eigenvalue weighted by Gasteiger charge is -2.26. The van der Waals surface area contributed by atoms with Gasteiger partial charge in [0.15, 0.2) is 11.4 Å². The number of ether oxygens (including phenoxy) is 1. The van der Waals surface area contributed by atoms with Gasteiger partial charge in [-0.05, 0) is 26.7 Å². The zero-order valence-electron chi connectivity index (χ0n) is 17.8. The second-order valence-corrected chi connectivity index (χ2v) is 8.39. The molecule has 1 amide bonds. The first-order chi connectivity index (χ1) is 13.7. The second-order valence-electron chi connectivity index (χ2n) is 8.39. The number of nitrogens with two attached hydrogens (primary N) is 1. The SMILES string of the molecule is CCn1nc(C(=O)C(C)(C)C)c2c(NC3CCOCC3)c(C(=O)NN)c(C)nc21. The predicted octanol–water partition coefficient (Wildman–Crippen LogP) is 2.18. The molecule has 0 atom stereocenters. The third kappa shape index (κ3) is 3.97. The largest absolute Gasteiger partial charge is 0.381 e. The first kappa shape index (κ1) is 21.2. The summed E-state index contributed by atoms with van der Waals surface area (Å²) in [6, 6.07) is 0.112. The number of aromatic nitrogens is 3. The summed E-state index contributed by atoms with van der Waals surface area (Å²) in [7, 11) is 0. The minimum absolute atomic E-state index is 0.102. The van der Waals surface area contributed by atoms with Gasteiger partial charge in [-0.1, -0.05) is 20.8 Å².